The molecule has 0 aromatic heterocycles. The topological polar surface area (TPSA) is 63.5 Å². The lowest BCUT2D eigenvalue weighted by Crippen LogP contribution is -2.44. The molecule has 1 heterocycles. The van der Waals surface area contributed by atoms with Crippen LogP contribution in [0.5, 0.6) is 0 Å². The molecular formula is C13H14BrFN2O3. The quantitative estimate of drug-likeness (QED) is 0.622. The van der Waals surface area contributed by atoms with Crippen LogP contribution in [0.2, 0.25) is 0 Å². The van der Waals surface area contributed by atoms with Gasteiger partial charge in [-0.1, -0.05) is 0 Å². The average Bonchev–Trinajstić information content (AvgIpc) is 2.41. The molecule has 0 amide bonds. The van der Waals surface area contributed by atoms with Gasteiger partial charge in [0.05, 0.1) is 15.4 Å². The van der Waals surface area contributed by atoms with E-state index in [0.29, 0.717) is 13.0 Å². The number of nitrogens with zero attached hydrogens (tertiary/aromatic N) is 2. The lowest BCUT2D eigenvalue weighted by Gasteiger charge is -2.35. The summed E-state index contributed by atoms with van der Waals surface area (Å²) < 4.78 is 13.8. The molecule has 0 radical (unpaired) electrons. The number of benzene rings is 1. The number of halogens is 2. The van der Waals surface area contributed by atoms with Gasteiger partial charge in [0.15, 0.2) is 5.78 Å². The summed E-state index contributed by atoms with van der Waals surface area (Å²) in [6.45, 7) is 1.98. The van der Waals surface area contributed by atoms with Gasteiger partial charge in [0.1, 0.15) is 11.5 Å². The number of hydrogen-bond donors (Lipinski definition) is 0. The molecular weight excluding hydrogens is 331 g/mol. The monoisotopic (exact) mass is 344 g/mol. The molecule has 0 saturated carbocycles. The van der Waals surface area contributed by atoms with E-state index < -0.39 is 16.8 Å². The predicted octanol–water partition coefficient (Wildman–Crippen LogP) is 3.44. The second-order valence-electron chi connectivity index (χ2n) is 4.83. The minimum absolute atomic E-state index is 0.0457. The van der Waals surface area contributed by atoms with Crippen LogP contribution in [0.25, 0.3) is 0 Å². The van der Waals surface area contributed by atoms with Crippen LogP contribution in [0.15, 0.2) is 16.6 Å². The van der Waals surface area contributed by atoms with Gasteiger partial charge in [0, 0.05) is 18.7 Å². The van der Waals surface area contributed by atoms with E-state index in [4.69, 9.17) is 0 Å². The van der Waals surface area contributed by atoms with Crippen molar-refractivity contribution in [3.8, 4) is 0 Å². The number of nitro benzene ring substituents is 1. The zero-order valence-corrected chi connectivity index (χ0v) is 12.5. The van der Waals surface area contributed by atoms with Crippen molar-refractivity contribution in [2.75, 3.05) is 11.4 Å². The molecule has 0 spiro atoms. The summed E-state index contributed by atoms with van der Waals surface area (Å²) >= 11 is 2.95. The van der Waals surface area contributed by atoms with Crippen molar-refractivity contribution in [2.45, 2.75) is 32.2 Å². The van der Waals surface area contributed by atoms with Gasteiger partial charge in [0.2, 0.25) is 0 Å². The summed E-state index contributed by atoms with van der Waals surface area (Å²) in [5.74, 6) is -0.624. The molecule has 1 fully saturated rings. The first-order valence-electron chi connectivity index (χ1n) is 6.32. The van der Waals surface area contributed by atoms with Crippen molar-refractivity contribution < 1.29 is 14.1 Å². The third-order valence-corrected chi connectivity index (χ3v) is 4.10. The fourth-order valence-corrected chi connectivity index (χ4v) is 2.88. The number of hydrogen-bond acceptors (Lipinski definition) is 4. The van der Waals surface area contributed by atoms with E-state index in [1.54, 1.807) is 4.90 Å². The highest BCUT2D eigenvalue weighted by Gasteiger charge is 2.31. The van der Waals surface area contributed by atoms with E-state index in [0.717, 1.165) is 25.0 Å². The second kappa shape index (κ2) is 5.87. The highest BCUT2D eigenvalue weighted by atomic mass is 79.9. The summed E-state index contributed by atoms with van der Waals surface area (Å²) in [5.41, 5.74) is -0.0120. The molecule has 1 unspecified atom stereocenters. The summed E-state index contributed by atoms with van der Waals surface area (Å²) in [6.07, 6.45) is 2.37. The Bertz CT molecular complexity index is 565. The maximum absolute atomic E-state index is 13.7. The van der Waals surface area contributed by atoms with Gasteiger partial charge in [-0.05, 0) is 42.1 Å². The highest BCUT2D eigenvalue weighted by Crippen LogP contribution is 2.36. The molecule has 0 bridgehead atoms. The maximum atomic E-state index is 13.7. The summed E-state index contributed by atoms with van der Waals surface area (Å²) in [5, 5.41) is 11.2. The van der Waals surface area contributed by atoms with E-state index in [1.165, 1.54) is 6.92 Å². The number of ketones is 1. The van der Waals surface area contributed by atoms with Gasteiger partial charge < -0.3 is 4.90 Å². The van der Waals surface area contributed by atoms with Crippen LogP contribution in [-0.2, 0) is 4.79 Å². The Labute approximate surface area is 124 Å². The number of rotatable bonds is 3. The Balaban J connectivity index is 2.51. The molecule has 0 N–H and O–H groups in total. The minimum Gasteiger partial charge on any atom is -0.356 e. The Hall–Kier alpha value is -1.50. The molecule has 1 aromatic carbocycles. The summed E-state index contributed by atoms with van der Waals surface area (Å²) in [7, 11) is 0. The van der Waals surface area contributed by atoms with Crippen molar-refractivity contribution in [1.29, 1.82) is 0 Å². The summed E-state index contributed by atoms with van der Waals surface area (Å²) in [6, 6.07) is 1.86. The first-order valence-corrected chi connectivity index (χ1v) is 7.11. The van der Waals surface area contributed by atoms with Gasteiger partial charge in [-0.2, -0.15) is 0 Å². The lowest BCUT2D eigenvalue weighted by atomic mass is 9.98. The van der Waals surface area contributed by atoms with Gasteiger partial charge in [-0.15, -0.1) is 0 Å². The summed E-state index contributed by atoms with van der Waals surface area (Å²) in [4.78, 5) is 24.0. The molecule has 1 saturated heterocycles. The number of carbonyl (C=O) groups is 1. The Morgan fingerprint density at radius 3 is 2.80 bits per heavy atom. The molecule has 1 aromatic rings. The lowest BCUT2D eigenvalue weighted by molar-refractivity contribution is -0.384. The second-order valence-corrected chi connectivity index (χ2v) is 5.68. The molecule has 7 heteroatoms. The first kappa shape index (κ1) is 14.9. The van der Waals surface area contributed by atoms with Gasteiger partial charge in [-0.3, -0.25) is 14.9 Å². The number of piperidine rings is 1. The smallest absolute Gasteiger partial charge is 0.293 e. The molecule has 0 aliphatic carbocycles. The van der Waals surface area contributed by atoms with E-state index >= 15 is 0 Å². The van der Waals surface area contributed by atoms with Crippen molar-refractivity contribution >= 4 is 33.1 Å². The predicted molar refractivity (Wildman–Crippen MR) is 76.4 cm³/mol. The van der Waals surface area contributed by atoms with Crippen LogP contribution in [0, 0.1) is 15.9 Å². The normalized spacial score (nSPS) is 18.9. The van der Waals surface area contributed by atoms with Crippen LogP contribution >= 0.6 is 15.9 Å². The Morgan fingerprint density at radius 1 is 1.50 bits per heavy atom. The van der Waals surface area contributed by atoms with Crippen molar-refractivity contribution in [1.82, 2.24) is 0 Å². The fraction of sp³-hybridized carbons (Fsp3) is 0.462. The largest absolute Gasteiger partial charge is 0.356 e. The maximum Gasteiger partial charge on any atom is 0.293 e. The Morgan fingerprint density at radius 2 is 2.20 bits per heavy atom. The number of carbonyl (C=O) groups excluding carboxylic acids is 1. The highest BCUT2D eigenvalue weighted by molar-refractivity contribution is 9.10. The molecule has 20 heavy (non-hydrogen) atoms. The average molecular weight is 345 g/mol. The van der Waals surface area contributed by atoms with E-state index in [-0.39, 0.29) is 21.6 Å². The fourth-order valence-electron chi connectivity index (χ4n) is 2.54. The Kier molecular flexibility index (Phi) is 4.37. The molecule has 108 valence electrons. The number of Topliss-reactive ketones (excluding diaryl/α,β-unsaturated/α-hetero) is 1. The third-order valence-electron chi connectivity index (χ3n) is 3.50. The van der Waals surface area contributed by atoms with Crippen LogP contribution < -0.4 is 4.90 Å². The molecule has 1 aliphatic heterocycles. The molecule has 5 nitrogen and oxygen atoms in total. The molecule has 2 rings (SSSR count). The van der Waals surface area contributed by atoms with Crippen LogP contribution in [0.4, 0.5) is 15.8 Å². The van der Waals surface area contributed by atoms with Crippen LogP contribution in [-0.4, -0.2) is 23.3 Å². The minimum atomic E-state index is -0.571. The van der Waals surface area contributed by atoms with Crippen molar-refractivity contribution in [3.05, 3.63) is 32.5 Å². The van der Waals surface area contributed by atoms with Crippen molar-refractivity contribution in [2.24, 2.45) is 0 Å². The van der Waals surface area contributed by atoms with Crippen LogP contribution in [0.1, 0.15) is 26.2 Å². The van der Waals surface area contributed by atoms with Crippen molar-refractivity contribution in [3.63, 3.8) is 0 Å². The zero-order chi connectivity index (χ0) is 14.9. The van der Waals surface area contributed by atoms with Gasteiger partial charge in [0.25, 0.3) is 5.69 Å². The molecule has 1 aliphatic rings. The van der Waals surface area contributed by atoms with Crippen LogP contribution in [0.3, 0.4) is 0 Å². The number of nitro groups is 1. The standard InChI is InChI=1S/C13H14BrFN2O3/c1-8(18)11-4-2-3-5-16(11)12-7-10(15)9(14)6-13(12)17(19)20/h6-7,11H,2-5H2,1H3. The van der Waals surface area contributed by atoms with Gasteiger partial charge >= 0.3 is 0 Å². The molecule has 1 atom stereocenters. The van der Waals surface area contributed by atoms with E-state index in [1.807, 2.05) is 0 Å². The zero-order valence-electron chi connectivity index (χ0n) is 10.9. The number of anilines is 1. The SMILES string of the molecule is CC(=O)C1CCCCN1c1cc(F)c(Br)cc1[N+](=O)[O-]. The van der Waals surface area contributed by atoms with E-state index in [2.05, 4.69) is 15.9 Å². The third kappa shape index (κ3) is 2.82. The first-order chi connectivity index (χ1) is 9.41. The van der Waals surface area contributed by atoms with E-state index in [9.17, 15) is 19.3 Å². The van der Waals surface area contributed by atoms with Gasteiger partial charge in [-0.25, -0.2) is 4.39 Å².